The highest BCUT2D eigenvalue weighted by atomic mass is 16.3. The second-order valence-electron chi connectivity index (χ2n) is 3.46. The number of carbonyl (C=O) groups excluding carboxylic acids is 1. The van der Waals surface area contributed by atoms with Gasteiger partial charge in [0.15, 0.2) is 0 Å². The lowest BCUT2D eigenvalue weighted by molar-refractivity contribution is -0.115. The van der Waals surface area contributed by atoms with E-state index in [0.29, 0.717) is 5.56 Å². The predicted molar refractivity (Wildman–Crippen MR) is 68.9 cm³/mol. The van der Waals surface area contributed by atoms with E-state index in [9.17, 15) is 9.90 Å². The van der Waals surface area contributed by atoms with Crippen molar-refractivity contribution in [3.8, 4) is 5.75 Å². The molecule has 0 spiro atoms. The second kappa shape index (κ2) is 5.05. The van der Waals surface area contributed by atoms with Crippen molar-refractivity contribution in [2.24, 2.45) is 15.2 Å². The monoisotopic (exact) mass is 242 g/mol. The zero-order valence-corrected chi connectivity index (χ0v) is 9.37. The van der Waals surface area contributed by atoms with Crippen LogP contribution in [0.1, 0.15) is 5.56 Å². The maximum Gasteiger partial charge on any atom is 0.259 e. The van der Waals surface area contributed by atoms with Crippen LogP contribution in [0.2, 0.25) is 0 Å². The van der Waals surface area contributed by atoms with E-state index in [-0.39, 0.29) is 23.2 Å². The summed E-state index contributed by atoms with van der Waals surface area (Å²) in [6.07, 6.45) is 2.68. The van der Waals surface area contributed by atoms with Gasteiger partial charge in [-0.25, -0.2) is 4.99 Å². The molecule has 6 heteroatoms. The maximum absolute atomic E-state index is 11.2. The highest BCUT2D eigenvalue weighted by molar-refractivity contribution is 6.22. The van der Waals surface area contributed by atoms with Crippen molar-refractivity contribution in [3.63, 3.8) is 0 Å². The molecule has 2 N–H and O–H groups in total. The summed E-state index contributed by atoms with van der Waals surface area (Å²) in [5.41, 5.74) is 0.788. The Kier molecular flexibility index (Phi) is 3.29. The van der Waals surface area contributed by atoms with Crippen molar-refractivity contribution in [2.45, 2.75) is 0 Å². The van der Waals surface area contributed by atoms with Crippen molar-refractivity contribution in [3.05, 3.63) is 42.0 Å². The molecule has 90 valence electrons. The van der Waals surface area contributed by atoms with Crippen LogP contribution in [0.3, 0.4) is 0 Å². The molecule has 1 aromatic rings. The van der Waals surface area contributed by atoms with Gasteiger partial charge in [-0.2, -0.15) is 5.10 Å². The number of nitrogens with zero attached hydrogens (tertiary/aromatic N) is 3. The zero-order chi connectivity index (χ0) is 13.0. The van der Waals surface area contributed by atoms with Gasteiger partial charge >= 0.3 is 0 Å². The number of aromatic hydroxyl groups is 1. The number of hydrogen-bond donors (Lipinski definition) is 2. The first kappa shape index (κ1) is 11.7. The number of nitrogens with one attached hydrogen (secondary N) is 1. The van der Waals surface area contributed by atoms with Gasteiger partial charge < -0.3 is 5.11 Å². The van der Waals surface area contributed by atoms with E-state index in [0.717, 1.165) is 0 Å². The van der Waals surface area contributed by atoms with Gasteiger partial charge in [0.05, 0.1) is 11.8 Å². The Labute approximate surface area is 103 Å². The molecule has 0 aromatic heterocycles. The fraction of sp³-hybridized carbons (Fsp3) is 0. The van der Waals surface area contributed by atoms with E-state index >= 15 is 0 Å². The normalized spacial score (nSPS) is 17.4. The Morgan fingerprint density at radius 3 is 2.89 bits per heavy atom. The fourth-order valence-electron chi connectivity index (χ4n) is 1.21. The minimum absolute atomic E-state index is 0.0825. The number of phenolic OH excluding ortho intramolecular Hbond substituents is 1. The van der Waals surface area contributed by atoms with Gasteiger partial charge in [0.1, 0.15) is 5.75 Å². The molecular formula is C12H10N4O2. The van der Waals surface area contributed by atoms with Gasteiger partial charge in [-0.05, 0) is 12.1 Å². The minimum Gasteiger partial charge on any atom is -0.507 e. The van der Waals surface area contributed by atoms with Crippen LogP contribution < -0.4 is 5.32 Å². The first-order chi connectivity index (χ1) is 8.66. The Morgan fingerprint density at radius 1 is 1.39 bits per heavy atom. The molecule has 1 aliphatic rings. The molecule has 0 unspecified atom stereocenters. The molecule has 0 radical (unpaired) electrons. The largest absolute Gasteiger partial charge is 0.507 e. The van der Waals surface area contributed by atoms with Crippen LogP contribution in [-0.4, -0.2) is 29.4 Å². The fourth-order valence-corrected chi connectivity index (χ4v) is 1.21. The molecule has 0 saturated carbocycles. The number of amides is 1. The average molecular weight is 242 g/mol. The maximum atomic E-state index is 11.2. The van der Waals surface area contributed by atoms with Crippen LogP contribution in [0, 0.1) is 0 Å². The zero-order valence-electron chi connectivity index (χ0n) is 9.37. The van der Waals surface area contributed by atoms with Crippen LogP contribution in [0.25, 0.3) is 0 Å². The lowest BCUT2D eigenvalue weighted by Crippen LogP contribution is -2.34. The lowest BCUT2D eigenvalue weighted by Gasteiger charge is -2.07. The summed E-state index contributed by atoms with van der Waals surface area (Å²) in [6, 6.07) is 6.69. The first-order valence-electron chi connectivity index (χ1n) is 5.10. The van der Waals surface area contributed by atoms with Crippen molar-refractivity contribution in [1.82, 2.24) is 5.32 Å². The summed E-state index contributed by atoms with van der Waals surface area (Å²) in [5.74, 6) is -0.174. The Hall–Kier alpha value is -2.76. The third kappa shape index (κ3) is 2.67. The Balaban J connectivity index is 2.12. The van der Waals surface area contributed by atoms with Gasteiger partial charge in [-0.15, -0.1) is 5.10 Å². The number of aliphatic imine (C=N–C) groups is 1. The van der Waals surface area contributed by atoms with Gasteiger partial charge in [-0.3, -0.25) is 10.1 Å². The van der Waals surface area contributed by atoms with Gasteiger partial charge in [-0.1, -0.05) is 18.7 Å². The molecule has 0 atom stereocenters. The molecule has 0 saturated heterocycles. The van der Waals surface area contributed by atoms with Crippen molar-refractivity contribution in [1.29, 1.82) is 0 Å². The number of para-hydroxylation sites is 1. The molecule has 0 fully saturated rings. The van der Waals surface area contributed by atoms with E-state index in [2.05, 4.69) is 27.1 Å². The molecule has 1 aromatic carbocycles. The van der Waals surface area contributed by atoms with E-state index in [1.54, 1.807) is 24.3 Å². The number of phenols is 1. The first-order valence-corrected chi connectivity index (χ1v) is 5.10. The van der Waals surface area contributed by atoms with Crippen LogP contribution in [0.15, 0.2) is 51.6 Å². The second-order valence-corrected chi connectivity index (χ2v) is 3.46. The number of rotatable bonds is 2. The Bertz CT molecular complexity index is 587. The Morgan fingerprint density at radius 2 is 2.17 bits per heavy atom. The molecule has 6 nitrogen and oxygen atoms in total. The van der Waals surface area contributed by atoms with Gasteiger partial charge in [0.25, 0.3) is 5.91 Å². The number of guanidine groups is 1. The van der Waals surface area contributed by atoms with E-state index < -0.39 is 0 Å². The number of hydrogen-bond acceptors (Lipinski definition) is 4. The molecule has 1 aliphatic heterocycles. The highest BCUT2D eigenvalue weighted by Gasteiger charge is 2.12. The molecule has 0 bridgehead atoms. The third-order valence-corrected chi connectivity index (χ3v) is 2.15. The topological polar surface area (TPSA) is 86.4 Å². The quantitative estimate of drug-likeness (QED) is 0.457. The van der Waals surface area contributed by atoms with E-state index in [1.807, 2.05) is 0 Å². The van der Waals surface area contributed by atoms with E-state index in [4.69, 9.17) is 0 Å². The molecular weight excluding hydrogens is 232 g/mol. The summed E-state index contributed by atoms with van der Waals surface area (Å²) in [5, 5.41) is 19.3. The molecule has 1 amide bonds. The summed E-state index contributed by atoms with van der Waals surface area (Å²) >= 11 is 0. The third-order valence-electron chi connectivity index (χ3n) is 2.15. The predicted octanol–water partition coefficient (Wildman–Crippen LogP) is 0.839. The number of carbonyl (C=O) groups is 1. The standard InChI is InChI=1S/C12H10N4O2/c1-8-6-13-12(15-11(8)18)16-14-7-9-4-2-3-5-10(9)17/h2-7,17H,1H2,(H,15,16,18)/b14-7+. The van der Waals surface area contributed by atoms with Crippen LogP contribution in [0.4, 0.5) is 0 Å². The lowest BCUT2D eigenvalue weighted by atomic mass is 10.2. The summed E-state index contributed by atoms with van der Waals surface area (Å²) < 4.78 is 0. The smallest absolute Gasteiger partial charge is 0.259 e. The highest BCUT2D eigenvalue weighted by Crippen LogP contribution is 2.12. The van der Waals surface area contributed by atoms with Crippen molar-refractivity contribution < 1.29 is 9.90 Å². The minimum atomic E-state index is -0.360. The van der Waals surface area contributed by atoms with Crippen LogP contribution >= 0.6 is 0 Å². The van der Waals surface area contributed by atoms with E-state index in [1.165, 1.54) is 12.4 Å². The molecule has 1 heterocycles. The summed E-state index contributed by atoms with van der Waals surface area (Å²) in [4.78, 5) is 15.0. The average Bonchev–Trinajstić information content (AvgIpc) is 2.36. The SMILES string of the molecule is C=C1C=N/C(=N/N=C/c2ccccc2O)NC1=O. The molecule has 18 heavy (non-hydrogen) atoms. The van der Waals surface area contributed by atoms with Crippen molar-refractivity contribution in [2.75, 3.05) is 0 Å². The van der Waals surface area contributed by atoms with Crippen LogP contribution in [0.5, 0.6) is 5.75 Å². The number of benzene rings is 1. The molecule has 0 aliphatic carbocycles. The summed E-state index contributed by atoms with van der Waals surface area (Å²) in [6.45, 7) is 3.48. The van der Waals surface area contributed by atoms with Gasteiger partial charge in [0, 0.05) is 11.8 Å². The van der Waals surface area contributed by atoms with Crippen LogP contribution in [-0.2, 0) is 4.79 Å². The molecule has 2 rings (SSSR count). The van der Waals surface area contributed by atoms with Crippen molar-refractivity contribution >= 4 is 24.3 Å². The van der Waals surface area contributed by atoms with Gasteiger partial charge in [0.2, 0.25) is 5.96 Å². The summed E-state index contributed by atoms with van der Waals surface area (Å²) in [7, 11) is 0.